The van der Waals surface area contributed by atoms with E-state index >= 15 is 0 Å². The zero-order valence-electron chi connectivity index (χ0n) is 9.48. The second-order valence-electron chi connectivity index (χ2n) is 4.31. The van der Waals surface area contributed by atoms with Gasteiger partial charge in [0, 0.05) is 6.04 Å². The van der Waals surface area contributed by atoms with Crippen LogP contribution in [0.4, 0.5) is 10.1 Å². The number of hydrogen-bond acceptors (Lipinski definition) is 3. The molecule has 1 saturated carbocycles. The van der Waals surface area contributed by atoms with E-state index in [1.807, 2.05) is 6.92 Å². The van der Waals surface area contributed by atoms with Crippen molar-refractivity contribution in [2.75, 3.05) is 5.73 Å². The van der Waals surface area contributed by atoms with E-state index in [-0.39, 0.29) is 16.6 Å². The highest BCUT2D eigenvalue weighted by Crippen LogP contribution is 2.34. The lowest BCUT2D eigenvalue weighted by Crippen LogP contribution is -2.27. The molecule has 17 heavy (non-hydrogen) atoms. The molecule has 0 heterocycles. The van der Waals surface area contributed by atoms with Gasteiger partial charge in [0.2, 0.25) is 10.0 Å². The summed E-state index contributed by atoms with van der Waals surface area (Å²) in [6.45, 7) is 2.02. The monoisotopic (exact) mass is 258 g/mol. The molecule has 4 nitrogen and oxygen atoms in total. The fraction of sp³-hybridized carbons (Fsp3) is 0.455. The molecule has 0 aliphatic heterocycles. The number of nitrogens with one attached hydrogen (secondary N) is 1. The molecule has 1 fully saturated rings. The van der Waals surface area contributed by atoms with E-state index in [0.717, 1.165) is 25.0 Å². The number of sulfonamides is 1. The number of nitrogens with two attached hydrogens (primary N) is 1. The zero-order chi connectivity index (χ0) is 12.6. The van der Waals surface area contributed by atoms with Crippen LogP contribution in [-0.4, -0.2) is 14.5 Å². The van der Waals surface area contributed by atoms with Crippen molar-refractivity contribution in [3.05, 3.63) is 24.0 Å². The van der Waals surface area contributed by atoms with Crippen molar-refractivity contribution in [1.82, 2.24) is 4.72 Å². The molecule has 0 amide bonds. The molecule has 1 aromatic rings. The summed E-state index contributed by atoms with van der Waals surface area (Å²) in [6.07, 6.45) is 1.81. The molecular formula is C11H15FN2O2S. The van der Waals surface area contributed by atoms with E-state index in [2.05, 4.69) is 4.72 Å². The van der Waals surface area contributed by atoms with Crippen LogP contribution in [0.25, 0.3) is 0 Å². The molecule has 0 spiro atoms. The molecule has 2 rings (SSSR count). The van der Waals surface area contributed by atoms with Gasteiger partial charge in [-0.3, -0.25) is 0 Å². The van der Waals surface area contributed by atoms with Gasteiger partial charge in [-0.15, -0.1) is 0 Å². The van der Waals surface area contributed by atoms with Gasteiger partial charge in [-0.05, 0) is 30.5 Å². The first-order valence-corrected chi connectivity index (χ1v) is 6.99. The molecule has 2 atom stereocenters. The number of benzene rings is 1. The quantitative estimate of drug-likeness (QED) is 0.804. The van der Waals surface area contributed by atoms with Crippen molar-refractivity contribution in [3.63, 3.8) is 0 Å². The van der Waals surface area contributed by atoms with Gasteiger partial charge in [-0.1, -0.05) is 13.3 Å². The van der Waals surface area contributed by atoms with Gasteiger partial charge in [0.1, 0.15) is 10.7 Å². The van der Waals surface area contributed by atoms with Crippen molar-refractivity contribution in [2.45, 2.75) is 30.7 Å². The summed E-state index contributed by atoms with van der Waals surface area (Å²) in [7, 11) is -3.63. The van der Waals surface area contributed by atoms with E-state index in [1.165, 1.54) is 6.07 Å². The summed E-state index contributed by atoms with van der Waals surface area (Å²) in [6, 6.07) is 3.29. The third-order valence-corrected chi connectivity index (χ3v) is 4.58. The predicted molar refractivity (Wildman–Crippen MR) is 63.3 cm³/mol. The van der Waals surface area contributed by atoms with Crippen LogP contribution in [0, 0.1) is 11.7 Å². The Balaban J connectivity index is 2.20. The second kappa shape index (κ2) is 4.27. The number of hydrogen-bond donors (Lipinski definition) is 2. The lowest BCUT2D eigenvalue weighted by molar-refractivity contribution is 0.575. The molecule has 0 saturated heterocycles. The normalized spacial score (nSPS) is 23.6. The van der Waals surface area contributed by atoms with E-state index in [9.17, 15) is 12.8 Å². The van der Waals surface area contributed by atoms with E-state index in [1.54, 1.807) is 0 Å². The molecule has 94 valence electrons. The summed E-state index contributed by atoms with van der Waals surface area (Å²) in [5, 5.41) is 0. The van der Waals surface area contributed by atoms with Gasteiger partial charge in [-0.2, -0.15) is 0 Å². The maximum absolute atomic E-state index is 12.8. The first kappa shape index (κ1) is 12.3. The topological polar surface area (TPSA) is 72.2 Å². The summed E-state index contributed by atoms with van der Waals surface area (Å²) < 4.78 is 39.3. The molecule has 6 heteroatoms. The van der Waals surface area contributed by atoms with Crippen LogP contribution < -0.4 is 10.5 Å². The van der Waals surface area contributed by atoms with Crippen LogP contribution in [0.1, 0.15) is 19.8 Å². The average Bonchev–Trinajstić information content (AvgIpc) is 2.94. The maximum Gasteiger partial charge on any atom is 0.242 e. The van der Waals surface area contributed by atoms with Crippen LogP contribution in [0.5, 0.6) is 0 Å². The molecule has 1 aromatic carbocycles. The van der Waals surface area contributed by atoms with Gasteiger partial charge in [0.05, 0.1) is 5.69 Å². The van der Waals surface area contributed by atoms with Gasteiger partial charge in [0.25, 0.3) is 0 Å². The molecule has 1 aliphatic carbocycles. The number of anilines is 1. The van der Waals surface area contributed by atoms with Crippen LogP contribution in [0.3, 0.4) is 0 Å². The Morgan fingerprint density at radius 2 is 2.24 bits per heavy atom. The minimum absolute atomic E-state index is 0.00514. The highest BCUT2D eigenvalue weighted by atomic mass is 32.2. The zero-order valence-corrected chi connectivity index (χ0v) is 10.3. The number of nitrogen functional groups attached to an aromatic ring is 1. The van der Waals surface area contributed by atoms with Gasteiger partial charge in [0.15, 0.2) is 0 Å². The van der Waals surface area contributed by atoms with Crippen molar-refractivity contribution in [1.29, 1.82) is 0 Å². The molecule has 3 N–H and O–H groups in total. The Morgan fingerprint density at radius 3 is 2.76 bits per heavy atom. The van der Waals surface area contributed by atoms with Crippen LogP contribution in [0.2, 0.25) is 0 Å². The van der Waals surface area contributed by atoms with Crippen molar-refractivity contribution in [2.24, 2.45) is 5.92 Å². The SMILES string of the molecule is CCC1CC1NS(=O)(=O)c1ccc(F)cc1N. The summed E-state index contributed by atoms with van der Waals surface area (Å²) >= 11 is 0. The van der Waals surface area contributed by atoms with E-state index in [0.29, 0.717) is 5.92 Å². The maximum atomic E-state index is 12.8. The Kier molecular flexibility index (Phi) is 3.09. The summed E-state index contributed by atoms with van der Waals surface area (Å²) in [5.74, 6) is -0.134. The lowest BCUT2D eigenvalue weighted by atomic mass is 10.3. The van der Waals surface area contributed by atoms with Gasteiger partial charge >= 0.3 is 0 Å². The Labute approximate surface area is 100 Å². The lowest BCUT2D eigenvalue weighted by Gasteiger charge is -2.08. The Morgan fingerprint density at radius 1 is 1.53 bits per heavy atom. The largest absolute Gasteiger partial charge is 0.398 e. The number of halogens is 1. The van der Waals surface area contributed by atoms with Gasteiger partial charge in [-0.25, -0.2) is 17.5 Å². The molecular weight excluding hydrogens is 243 g/mol. The van der Waals surface area contributed by atoms with Gasteiger partial charge < -0.3 is 5.73 Å². The first-order valence-electron chi connectivity index (χ1n) is 5.51. The summed E-state index contributed by atoms with van der Waals surface area (Å²) in [4.78, 5) is -0.0550. The minimum Gasteiger partial charge on any atom is -0.398 e. The minimum atomic E-state index is -3.63. The highest BCUT2D eigenvalue weighted by molar-refractivity contribution is 7.89. The van der Waals surface area contributed by atoms with Crippen LogP contribution in [0.15, 0.2) is 23.1 Å². The van der Waals surface area contributed by atoms with Crippen molar-refractivity contribution >= 4 is 15.7 Å². The molecule has 0 bridgehead atoms. The highest BCUT2D eigenvalue weighted by Gasteiger charge is 2.39. The van der Waals surface area contributed by atoms with Crippen molar-refractivity contribution in [3.8, 4) is 0 Å². The smallest absolute Gasteiger partial charge is 0.242 e. The van der Waals surface area contributed by atoms with E-state index < -0.39 is 15.8 Å². The van der Waals surface area contributed by atoms with Crippen LogP contribution in [-0.2, 0) is 10.0 Å². The predicted octanol–water partition coefficient (Wildman–Crippen LogP) is 1.48. The summed E-state index contributed by atoms with van der Waals surface area (Å²) in [5.41, 5.74) is 5.45. The standard InChI is InChI=1S/C11H15FN2O2S/c1-2-7-5-10(7)14-17(15,16)11-4-3-8(12)6-9(11)13/h3-4,6-7,10,14H,2,5,13H2,1H3. The molecule has 0 aromatic heterocycles. The second-order valence-corrected chi connectivity index (χ2v) is 6.00. The fourth-order valence-corrected chi connectivity index (χ4v) is 3.30. The first-order chi connectivity index (χ1) is 7.94. The third-order valence-electron chi connectivity index (χ3n) is 3.01. The van der Waals surface area contributed by atoms with Crippen molar-refractivity contribution < 1.29 is 12.8 Å². The van der Waals surface area contributed by atoms with E-state index in [4.69, 9.17) is 5.73 Å². The fourth-order valence-electron chi connectivity index (χ4n) is 1.87. The average molecular weight is 258 g/mol. The molecule has 1 aliphatic rings. The third kappa shape index (κ3) is 2.58. The van der Waals surface area contributed by atoms with Crippen LogP contribution >= 0.6 is 0 Å². The molecule has 2 unspecified atom stereocenters. The number of rotatable bonds is 4. The Hall–Kier alpha value is -1.14. The molecule has 0 radical (unpaired) electrons. The Bertz CT molecular complexity index is 530.